The second-order valence-electron chi connectivity index (χ2n) is 7.20. The maximum Gasteiger partial charge on any atom is 0.416 e. The Morgan fingerprint density at radius 1 is 1.24 bits per heavy atom. The molecule has 0 bridgehead atoms. The Bertz CT molecular complexity index is 983. The van der Waals surface area contributed by atoms with Crippen molar-refractivity contribution in [2.24, 2.45) is 5.16 Å². The molecule has 3 heterocycles. The summed E-state index contributed by atoms with van der Waals surface area (Å²) in [5, 5.41) is 4.12. The molecule has 2 aromatic rings. The summed E-state index contributed by atoms with van der Waals surface area (Å²) in [6, 6.07) is 7.42. The van der Waals surface area contributed by atoms with Crippen molar-refractivity contribution in [2.75, 3.05) is 13.1 Å². The number of sulfonamides is 1. The Labute approximate surface area is 166 Å². The molecule has 2 aliphatic heterocycles. The van der Waals surface area contributed by atoms with Crippen LogP contribution in [-0.4, -0.2) is 38.2 Å². The summed E-state index contributed by atoms with van der Waals surface area (Å²) in [6.07, 6.45) is 0.215. The lowest BCUT2D eigenvalue weighted by Crippen LogP contribution is -2.52. The number of rotatable bonds is 3. The second kappa shape index (κ2) is 7.19. The van der Waals surface area contributed by atoms with E-state index in [-0.39, 0.29) is 18.0 Å². The smallest absolute Gasteiger partial charge is 0.416 e. The van der Waals surface area contributed by atoms with Crippen molar-refractivity contribution < 1.29 is 26.8 Å². The van der Waals surface area contributed by atoms with E-state index in [0.717, 1.165) is 17.7 Å². The molecule has 2 unspecified atom stereocenters. The van der Waals surface area contributed by atoms with Gasteiger partial charge in [-0.15, -0.1) is 4.31 Å². The SMILES string of the molecule is O=[S+]([O-])(c1cccc(C(F)(F)F)c1)N1CCCC2(CC(c3cccnc3)=NO2)C1. The number of aromatic nitrogens is 1. The third-order valence-corrected chi connectivity index (χ3v) is 6.98. The van der Waals surface area contributed by atoms with Gasteiger partial charge in [-0.1, -0.05) is 15.4 Å². The van der Waals surface area contributed by atoms with Crippen molar-refractivity contribution in [3.05, 3.63) is 59.9 Å². The van der Waals surface area contributed by atoms with Crippen LogP contribution < -0.4 is 0 Å². The van der Waals surface area contributed by atoms with Crippen molar-refractivity contribution in [3.8, 4) is 0 Å². The molecule has 6 nitrogen and oxygen atoms in total. The van der Waals surface area contributed by atoms with Gasteiger partial charge < -0.3 is 9.39 Å². The average molecular weight is 425 g/mol. The molecule has 0 aliphatic carbocycles. The molecule has 0 radical (unpaired) electrons. The molecule has 2 atom stereocenters. The van der Waals surface area contributed by atoms with Crippen LogP contribution in [0.3, 0.4) is 0 Å². The van der Waals surface area contributed by atoms with E-state index in [4.69, 9.17) is 4.84 Å². The molecule has 0 N–H and O–H groups in total. The van der Waals surface area contributed by atoms with Crippen LogP contribution in [0.4, 0.5) is 13.2 Å². The number of halogens is 3. The normalized spacial score (nSPS) is 24.8. The van der Waals surface area contributed by atoms with Crippen LogP contribution in [0.1, 0.15) is 30.4 Å². The van der Waals surface area contributed by atoms with Crippen molar-refractivity contribution in [2.45, 2.75) is 35.9 Å². The molecular formula is C19H18F3N3O3S. The topological polar surface area (TPSA) is 77.9 Å². The van der Waals surface area contributed by atoms with Crippen LogP contribution in [0.2, 0.25) is 0 Å². The van der Waals surface area contributed by atoms with Crippen molar-refractivity contribution >= 4 is 16.1 Å². The molecule has 29 heavy (non-hydrogen) atoms. The molecule has 2 aliphatic rings. The lowest BCUT2D eigenvalue weighted by Gasteiger charge is -2.38. The number of hydrogen-bond donors (Lipinski definition) is 0. The van der Waals surface area contributed by atoms with E-state index in [0.29, 0.717) is 31.0 Å². The van der Waals surface area contributed by atoms with Crippen LogP contribution in [0, 0.1) is 0 Å². The number of benzene rings is 1. The first-order chi connectivity index (χ1) is 13.7. The van der Waals surface area contributed by atoms with Gasteiger partial charge in [0.2, 0.25) is 0 Å². The van der Waals surface area contributed by atoms with Gasteiger partial charge >= 0.3 is 6.18 Å². The van der Waals surface area contributed by atoms with Crippen LogP contribution in [0.25, 0.3) is 0 Å². The maximum atomic E-state index is 13.0. The predicted molar refractivity (Wildman–Crippen MR) is 98.6 cm³/mol. The van der Waals surface area contributed by atoms with Crippen molar-refractivity contribution in [3.63, 3.8) is 0 Å². The lowest BCUT2D eigenvalue weighted by molar-refractivity contribution is -0.137. The highest BCUT2D eigenvalue weighted by Gasteiger charge is 2.48. The van der Waals surface area contributed by atoms with E-state index in [1.807, 2.05) is 6.07 Å². The summed E-state index contributed by atoms with van der Waals surface area (Å²) in [5.74, 6) is 0. The van der Waals surface area contributed by atoms with Crippen LogP contribution in [-0.2, 0) is 25.6 Å². The van der Waals surface area contributed by atoms with Gasteiger partial charge in [0, 0.05) is 37.0 Å². The molecular weight excluding hydrogens is 407 g/mol. The summed E-state index contributed by atoms with van der Waals surface area (Å²) in [6.45, 7) is 0.241. The molecule has 4 rings (SSSR count). The van der Waals surface area contributed by atoms with E-state index in [1.54, 1.807) is 18.5 Å². The van der Waals surface area contributed by atoms with Crippen LogP contribution in [0.15, 0.2) is 58.8 Å². The zero-order chi connectivity index (χ0) is 20.7. The fourth-order valence-electron chi connectivity index (χ4n) is 3.67. The maximum absolute atomic E-state index is 13.0. The van der Waals surface area contributed by atoms with Gasteiger partial charge in [-0.05, 0) is 37.1 Å². The summed E-state index contributed by atoms with van der Waals surface area (Å²) >= 11 is 0. The van der Waals surface area contributed by atoms with Crippen LogP contribution in [0.5, 0.6) is 0 Å². The number of nitrogens with zero attached hydrogens (tertiary/aromatic N) is 3. The molecule has 0 amide bonds. The first-order valence-electron chi connectivity index (χ1n) is 9.03. The molecule has 1 aromatic heterocycles. The Kier molecular flexibility index (Phi) is 4.96. The number of pyridine rings is 1. The minimum Gasteiger partial charge on any atom is -0.593 e. The third kappa shape index (κ3) is 3.92. The van der Waals surface area contributed by atoms with E-state index >= 15 is 0 Å². The first kappa shape index (κ1) is 20.0. The van der Waals surface area contributed by atoms with Gasteiger partial charge in [0.1, 0.15) is 0 Å². The standard InChI is InChI=1S/C19H18F3N3O3S/c20-19(21,22)15-5-1-6-16(10-15)29(26,27)25-9-3-7-18(13-25)11-17(24-28-18)14-4-2-8-23-12-14/h1-2,4-6,8,10,12H,3,7,9,11,13H2. The van der Waals surface area contributed by atoms with Crippen molar-refractivity contribution in [1.29, 1.82) is 0 Å². The minimum absolute atomic E-state index is 0.0266. The number of hydrogen-bond acceptors (Lipinski definition) is 5. The molecule has 1 spiro atoms. The van der Waals surface area contributed by atoms with Crippen molar-refractivity contribution in [1.82, 2.24) is 9.29 Å². The Morgan fingerprint density at radius 3 is 2.79 bits per heavy atom. The van der Waals surface area contributed by atoms with Crippen LogP contribution >= 0.6 is 0 Å². The Morgan fingerprint density at radius 2 is 2.07 bits per heavy atom. The zero-order valence-corrected chi connectivity index (χ0v) is 16.1. The third-order valence-electron chi connectivity index (χ3n) is 5.14. The molecule has 10 heteroatoms. The van der Waals surface area contributed by atoms with E-state index < -0.39 is 27.7 Å². The number of oxime groups is 1. The van der Waals surface area contributed by atoms with Gasteiger partial charge in [-0.3, -0.25) is 4.98 Å². The predicted octanol–water partition coefficient (Wildman–Crippen LogP) is 3.66. The highest BCUT2D eigenvalue weighted by molar-refractivity contribution is 7.95. The summed E-state index contributed by atoms with van der Waals surface area (Å²) in [5.41, 5.74) is -0.346. The van der Waals surface area contributed by atoms with Gasteiger partial charge in [0.05, 0.1) is 17.8 Å². The molecule has 154 valence electrons. The lowest BCUT2D eigenvalue weighted by atomic mass is 9.88. The quantitative estimate of drug-likeness (QED) is 0.703. The summed E-state index contributed by atoms with van der Waals surface area (Å²) in [4.78, 5) is 9.33. The second-order valence-corrected chi connectivity index (χ2v) is 9.14. The highest BCUT2D eigenvalue weighted by atomic mass is 32.3. The monoisotopic (exact) mass is 425 g/mol. The fourth-order valence-corrected chi connectivity index (χ4v) is 5.27. The van der Waals surface area contributed by atoms with Gasteiger partial charge in [0.15, 0.2) is 20.9 Å². The summed E-state index contributed by atoms with van der Waals surface area (Å²) in [7, 11) is -4.10. The van der Waals surface area contributed by atoms with Gasteiger partial charge in [-0.25, -0.2) is 0 Å². The van der Waals surface area contributed by atoms with E-state index in [1.165, 1.54) is 10.4 Å². The highest BCUT2D eigenvalue weighted by Crippen LogP contribution is 2.39. The first-order valence-corrected chi connectivity index (χ1v) is 10.5. The Balaban J connectivity index is 1.55. The van der Waals surface area contributed by atoms with E-state index in [9.17, 15) is 21.9 Å². The molecule has 0 saturated carbocycles. The number of piperidine rings is 1. The van der Waals surface area contributed by atoms with Gasteiger partial charge in [-0.2, -0.15) is 13.2 Å². The zero-order valence-electron chi connectivity index (χ0n) is 15.3. The van der Waals surface area contributed by atoms with E-state index in [2.05, 4.69) is 10.1 Å². The molecule has 1 fully saturated rings. The fraction of sp³-hybridized carbons (Fsp3) is 0.368. The summed E-state index contributed by atoms with van der Waals surface area (Å²) < 4.78 is 66.2. The minimum atomic E-state index is -4.62. The Hall–Kier alpha value is -2.30. The number of alkyl halides is 3. The molecule has 1 aromatic carbocycles. The largest absolute Gasteiger partial charge is 0.593 e. The average Bonchev–Trinajstić information content (AvgIpc) is 3.11. The van der Waals surface area contributed by atoms with Gasteiger partial charge in [0.25, 0.3) is 0 Å². The molecule has 1 saturated heterocycles.